The highest BCUT2D eigenvalue weighted by molar-refractivity contribution is 5.91. The zero-order valence-electron chi connectivity index (χ0n) is 14.5. The minimum atomic E-state index is -0.117. The molecule has 0 unspecified atom stereocenters. The van der Waals surface area contributed by atoms with Gasteiger partial charge in [0.25, 0.3) is 5.91 Å². The molecule has 134 valence electrons. The molecule has 0 aromatic carbocycles. The molecule has 0 fully saturated rings. The van der Waals surface area contributed by atoms with Gasteiger partial charge in [0, 0.05) is 25.5 Å². The van der Waals surface area contributed by atoms with E-state index in [4.69, 9.17) is 9.15 Å². The number of ether oxygens (including phenoxy) is 1. The van der Waals surface area contributed by atoms with Crippen LogP contribution < -0.4 is 0 Å². The molecule has 0 spiro atoms. The summed E-state index contributed by atoms with van der Waals surface area (Å²) in [5.41, 5.74) is 2.05. The molecule has 0 aliphatic carbocycles. The minimum absolute atomic E-state index is 0.105. The summed E-state index contributed by atoms with van der Waals surface area (Å²) in [6.45, 7) is 4.27. The molecule has 0 bridgehead atoms. The number of pyridine rings is 1. The number of furan rings is 1. The van der Waals surface area contributed by atoms with Crippen molar-refractivity contribution in [1.82, 2.24) is 19.4 Å². The highest BCUT2D eigenvalue weighted by atomic mass is 16.5. The average molecular weight is 352 g/mol. The van der Waals surface area contributed by atoms with Gasteiger partial charge in [-0.1, -0.05) is 6.07 Å². The Bertz CT molecular complexity index is 874. The van der Waals surface area contributed by atoms with Gasteiger partial charge >= 0.3 is 0 Å². The van der Waals surface area contributed by atoms with Gasteiger partial charge in [0.05, 0.1) is 37.4 Å². The summed E-state index contributed by atoms with van der Waals surface area (Å²) in [6, 6.07) is 7.17. The summed E-state index contributed by atoms with van der Waals surface area (Å²) in [4.78, 5) is 23.0. The lowest BCUT2D eigenvalue weighted by Crippen LogP contribution is -2.41. The Morgan fingerprint density at radius 2 is 2.19 bits per heavy atom. The van der Waals surface area contributed by atoms with Crippen molar-refractivity contribution in [2.75, 3.05) is 6.54 Å². The molecule has 0 radical (unpaired) electrons. The van der Waals surface area contributed by atoms with E-state index in [9.17, 15) is 4.79 Å². The summed E-state index contributed by atoms with van der Waals surface area (Å²) in [5, 5.41) is 0. The van der Waals surface area contributed by atoms with Crippen LogP contribution in [0.15, 0.2) is 53.5 Å². The maximum Gasteiger partial charge on any atom is 0.290 e. The quantitative estimate of drug-likeness (QED) is 0.706. The minimum Gasteiger partial charge on any atom is -0.459 e. The lowest BCUT2D eigenvalue weighted by atomic mass is 10.2. The van der Waals surface area contributed by atoms with Gasteiger partial charge in [-0.2, -0.15) is 0 Å². The number of amides is 1. The molecular formula is C19H20N4O3. The third-order valence-corrected chi connectivity index (χ3v) is 4.61. The molecule has 3 aromatic heterocycles. The molecule has 7 heteroatoms. The Morgan fingerprint density at radius 1 is 1.27 bits per heavy atom. The molecule has 0 saturated carbocycles. The van der Waals surface area contributed by atoms with E-state index in [1.165, 1.54) is 6.26 Å². The van der Waals surface area contributed by atoms with Gasteiger partial charge in [0.1, 0.15) is 5.82 Å². The van der Waals surface area contributed by atoms with Crippen molar-refractivity contribution in [3.8, 4) is 0 Å². The van der Waals surface area contributed by atoms with Crippen LogP contribution in [0.5, 0.6) is 0 Å². The van der Waals surface area contributed by atoms with Gasteiger partial charge in [-0.05, 0) is 30.7 Å². The second kappa shape index (κ2) is 7.13. The maximum atomic E-state index is 12.6. The van der Waals surface area contributed by atoms with E-state index in [-0.39, 0.29) is 11.9 Å². The number of fused-ring (bicyclic) bond motifs is 1. The summed E-state index contributed by atoms with van der Waals surface area (Å²) in [5.74, 6) is 1.12. The highest BCUT2D eigenvalue weighted by Crippen LogP contribution is 2.27. The van der Waals surface area contributed by atoms with Gasteiger partial charge in [-0.3, -0.25) is 9.78 Å². The lowest BCUT2D eigenvalue weighted by molar-refractivity contribution is 0.0593. The fourth-order valence-corrected chi connectivity index (χ4v) is 3.25. The number of aromatic nitrogens is 3. The van der Waals surface area contributed by atoms with Gasteiger partial charge in [-0.15, -0.1) is 0 Å². The first-order chi connectivity index (χ1) is 12.7. The molecule has 26 heavy (non-hydrogen) atoms. The fourth-order valence-electron chi connectivity index (χ4n) is 3.25. The predicted octanol–water partition coefficient (Wildman–Crippen LogP) is 2.80. The summed E-state index contributed by atoms with van der Waals surface area (Å²) >= 11 is 0. The Balaban J connectivity index is 1.43. The molecule has 4 heterocycles. The Morgan fingerprint density at radius 3 is 2.96 bits per heavy atom. The fraction of sp³-hybridized carbons (Fsp3) is 0.316. The van der Waals surface area contributed by atoms with Gasteiger partial charge < -0.3 is 18.6 Å². The first-order valence-corrected chi connectivity index (χ1v) is 8.59. The molecule has 0 N–H and O–H groups in total. The summed E-state index contributed by atoms with van der Waals surface area (Å²) in [6.07, 6.45) is 6.89. The molecular weight excluding hydrogens is 332 g/mol. The zero-order chi connectivity index (χ0) is 17.9. The van der Waals surface area contributed by atoms with Crippen molar-refractivity contribution in [1.29, 1.82) is 0 Å². The smallest absolute Gasteiger partial charge is 0.290 e. The molecule has 1 amide bonds. The van der Waals surface area contributed by atoms with E-state index in [1.807, 2.05) is 25.3 Å². The first-order valence-electron chi connectivity index (χ1n) is 8.59. The van der Waals surface area contributed by atoms with Gasteiger partial charge in [0.15, 0.2) is 5.76 Å². The van der Waals surface area contributed by atoms with Crippen LogP contribution in [-0.2, 0) is 24.5 Å². The van der Waals surface area contributed by atoms with Gasteiger partial charge in [0.2, 0.25) is 0 Å². The van der Waals surface area contributed by atoms with Crippen LogP contribution in [0.1, 0.15) is 40.6 Å². The average Bonchev–Trinajstić information content (AvgIpc) is 3.33. The van der Waals surface area contributed by atoms with Crippen LogP contribution in [0, 0.1) is 0 Å². The van der Waals surface area contributed by atoms with E-state index in [0.717, 1.165) is 17.1 Å². The van der Waals surface area contributed by atoms with Crippen LogP contribution in [0.25, 0.3) is 0 Å². The van der Waals surface area contributed by atoms with Crippen molar-refractivity contribution in [2.45, 2.75) is 32.7 Å². The van der Waals surface area contributed by atoms with Crippen molar-refractivity contribution in [2.24, 2.45) is 0 Å². The van der Waals surface area contributed by atoms with Crippen LogP contribution in [-0.4, -0.2) is 31.9 Å². The van der Waals surface area contributed by atoms with Crippen LogP contribution in [0.2, 0.25) is 0 Å². The van der Waals surface area contributed by atoms with Crippen LogP contribution >= 0.6 is 0 Å². The number of rotatable bonds is 5. The van der Waals surface area contributed by atoms with E-state index in [1.54, 1.807) is 29.4 Å². The Labute approximate surface area is 151 Å². The van der Waals surface area contributed by atoms with E-state index in [0.29, 0.717) is 32.1 Å². The Hall–Kier alpha value is -2.93. The molecule has 0 saturated heterocycles. The largest absolute Gasteiger partial charge is 0.459 e. The number of nitrogens with zero attached hydrogens (tertiary/aromatic N) is 4. The number of carbonyl (C=O) groups excluding carboxylic acids is 1. The molecule has 1 atom stereocenters. The van der Waals surface area contributed by atoms with Crippen molar-refractivity contribution in [3.05, 3.63) is 72.0 Å². The van der Waals surface area contributed by atoms with E-state index >= 15 is 0 Å². The molecule has 4 rings (SSSR count). The number of carbonyl (C=O) groups is 1. The Kier molecular flexibility index (Phi) is 4.53. The third-order valence-electron chi connectivity index (χ3n) is 4.61. The number of hydrogen-bond acceptors (Lipinski definition) is 5. The van der Waals surface area contributed by atoms with Crippen LogP contribution in [0.4, 0.5) is 0 Å². The third kappa shape index (κ3) is 3.13. The van der Waals surface area contributed by atoms with Gasteiger partial charge in [-0.25, -0.2) is 4.98 Å². The van der Waals surface area contributed by atoms with Crippen molar-refractivity contribution >= 4 is 5.91 Å². The summed E-state index contributed by atoms with van der Waals surface area (Å²) in [7, 11) is 0. The lowest BCUT2D eigenvalue weighted by Gasteiger charge is -2.33. The highest BCUT2D eigenvalue weighted by Gasteiger charge is 2.31. The topological polar surface area (TPSA) is 73.4 Å². The van der Waals surface area contributed by atoms with Crippen LogP contribution in [0.3, 0.4) is 0 Å². The second-order valence-electron chi connectivity index (χ2n) is 6.27. The predicted molar refractivity (Wildman–Crippen MR) is 93.1 cm³/mol. The van der Waals surface area contributed by atoms with E-state index in [2.05, 4.69) is 14.5 Å². The maximum absolute atomic E-state index is 12.6. The monoisotopic (exact) mass is 352 g/mol. The van der Waals surface area contributed by atoms with Crippen molar-refractivity contribution < 1.29 is 13.9 Å². The normalized spacial score (nSPS) is 16.5. The SMILES string of the molecule is C[C@@H]1c2ncc(COCc3cccnc3)n2CCN1C(=O)c1ccco1. The standard InChI is InChI=1S/C19H20N4O3/c1-14-18-21-11-16(13-25-12-15-4-2-6-20-10-15)23(18)8-7-22(14)19(24)17-5-3-9-26-17/h2-6,9-11,14H,7-8,12-13H2,1H3/t14-/m1/s1. The number of imidazole rings is 1. The second-order valence-corrected chi connectivity index (χ2v) is 6.27. The molecule has 3 aromatic rings. The number of hydrogen-bond donors (Lipinski definition) is 0. The summed E-state index contributed by atoms with van der Waals surface area (Å²) < 4.78 is 13.2. The van der Waals surface area contributed by atoms with E-state index < -0.39 is 0 Å². The molecule has 7 nitrogen and oxygen atoms in total. The first kappa shape index (κ1) is 16.5. The zero-order valence-corrected chi connectivity index (χ0v) is 14.5. The van der Waals surface area contributed by atoms with Crippen molar-refractivity contribution in [3.63, 3.8) is 0 Å². The molecule has 1 aliphatic rings. The molecule has 1 aliphatic heterocycles.